The second-order valence-corrected chi connectivity index (χ2v) is 4.80. The molecule has 2 atom stereocenters. The predicted octanol–water partition coefficient (Wildman–Crippen LogP) is 3.24. The van der Waals surface area contributed by atoms with Gasteiger partial charge in [-0.2, -0.15) is 0 Å². The van der Waals surface area contributed by atoms with Crippen LogP contribution >= 0.6 is 0 Å². The number of aliphatic hydroxyl groups excluding tert-OH is 1. The van der Waals surface area contributed by atoms with Crippen LogP contribution in [0.4, 0.5) is 0 Å². The van der Waals surface area contributed by atoms with Crippen LogP contribution in [0, 0.1) is 17.8 Å². The van der Waals surface area contributed by atoms with Crippen molar-refractivity contribution < 1.29 is 5.11 Å². The molecule has 0 aromatic rings. The van der Waals surface area contributed by atoms with Crippen LogP contribution in [0.5, 0.6) is 0 Å². The van der Waals surface area contributed by atoms with Crippen LogP contribution in [0.25, 0.3) is 0 Å². The maximum Gasteiger partial charge on any atom is 0.0628 e. The van der Waals surface area contributed by atoms with Crippen LogP contribution in [0.15, 0.2) is 11.6 Å². The quantitative estimate of drug-likeness (QED) is 0.665. The van der Waals surface area contributed by atoms with E-state index in [2.05, 4.69) is 47.6 Å². The molecule has 1 heteroatoms. The van der Waals surface area contributed by atoms with Gasteiger partial charge in [-0.1, -0.05) is 39.3 Å². The first-order valence-electron chi connectivity index (χ1n) is 5.19. The summed E-state index contributed by atoms with van der Waals surface area (Å²) in [6.45, 7) is 12.6. The molecule has 0 bridgehead atoms. The lowest BCUT2D eigenvalue weighted by molar-refractivity contribution is 0.0648. The van der Waals surface area contributed by atoms with E-state index in [1.165, 1.54) is 5.57 Å². The number of aliphatic hydroxyl groups is 1. The van der Waals surface area contributed by atoms with Gasteiger partial charge >= 0.3 is 0 Å². The smallest absolute Gasteiger partial charge is 0.0628 e. The van der Waals surface area contributed by atoms with Gasteiger partial charge in [0, 0.05) is 5.92 Å². The van der Waals surface area contributed by atoms with Gasteiger partial charge in [-0.15, -0.1) is 0 Å². The van der Waals surface area contributed by atoms with Crippen molar-refractivity contribution in [3.63, 3.8) is 0 Å². The molecule has 0 fully saturated rings. The summed E-state index contributed by atoms with van der Waals surface area (Å²) in [6, 6.07) is 0. The molecular formula is C12H24O. The summed E-state index contributed by atoms with van der Waals surface area (Å²) in [6.07, 6.45) is 1.98. The monoisotopic (exact) mass is 184 g/mol. The van der Waals surface area contributed by atoms with Crippen LogP contribution in [-0.4, -0.2) is 11.2 Å². The van der Waals surface area contributed by atoms with Crippen molar-refractivity contribution in [3.8, 4) is 0 Å². The van der Waals surface area contributed by atoms with Gasteiger partial charge in [-0.05, 0) is 25.7 Å². The zero-order chi connectivity index (χ0) is 10.6. The molecule has 0 heterocycles. The van der Waals surface area contributed by atoms with E-state index >= 15 is 0 Å². The van der Waals surface area contributed by atoms with Gasteiger partial charge in [0.2, 0.25) is 0 Å². The van der Waals surface area contributed by atoms with E-state index in [9.17, 15) is 5.11 Å². The molecule has 0 aliphatic rings. The Morgan fingerprint density at radius 1 is 1.00 bits per heavy atom. The van der Waals surface area contributed by atoms with E-state index in [-0.39, 0.29) is 6.10 Å². The molecule has 1 nitrogen and oxygen atoms in total. The first kappa shape index (κ1) is 12.7. The summed E-state index contributed by atoms with van der Waals surface area (Å²) in [7, 11) is 0. The molecule has 0 spiro atoms. The molecule has 0 aromatic heterocycles. The van der Waals surface area contributed by atoms with Crippen molar-refractivity contribution in [2.45, 2.75) is 47.6 Å². The third kappa shape index (κ3) is 4.47. The Kier molecular flexibility index (Phi) is 5.31. The number of rotatable bonds is 4. The number of allylic oxidation sites excluding steroid dienone is 1. The van der Waals surface area contributed by atoms with Crippen molar-refractivity contribution in [1.82, 2.24) is 0 Å². The van der Waals surface area contributed by atoms with Crippen LogP contribution in [0.3, 0.4) is 0 Å². The summed E-state index contributed by atoms with van der Waals surface area (Å²) >= 11 is 0. The molecule has 0 aromatic carbocycles. The Hall–Kier alpha value is -0.300. The number of hydrogen-bond acceptors (Lipinski definition) is 1. The highest BCUT2D eigenvalue weighted by molar-refractivity contribution is 5.01. The molecule has 13 heavy (non-hydrogen) atoms. The fraction of sp³-hybridized carbons (Fsp3) is 0.833. The molecule has 78 valence electrons. The van der Waals surface area contributed by atoms with Crippen molar-refractivity contribution in [1.29, 1.82) is 0 Å². The molecule has 0 aliphatic heterocycles. The summed E-state index contributed by atoms with van der Waals surface area (Å²) in [5.41, 5.74) is 1.29. The van der Waals surface area contributed by atoms with Gasteiger partial charge in [0.05, 0.1) is 6.10 Å². The van der Waals surface area contributed by atoms with Gasteiger partial charge in [0.25, 0.3) is 0 Å². The average molecular weight is 184 g/mol. The third-order valence-electron chi connectivity index (χ3n) is 2.37. The third-order valence-corrected chi connectivity index (χ3v) is 2.37. The molecule has 0 saturated heterocycles. The van der Waals surface area contributed by atoms with Crippen LogP contribution in [0.1, 0.15) is 41.5 Å². The zero-order valence-corrected chi connectivity index (χ0v) is 9.83. The van der Waals surface area contributed by atoms with Crippen LogP contribution < -0.4 is 0 Å². The summed E-state index contributed by atoms with van der Waals surface area (Å²) in [4.78, 5) is 0. The van der Waals surface area contributed by atoms with E-state index in [1.807, 2.05) is 0 Å². The maximum absolute atomic E-state index is 9.96. The summed E-state index contributed by atoms with van der Waals surface area (Å²) in [5, 5.41) is 9.96. The fourth-order valence-corrected chi connectivity index (χ4v) is 1.51. The Morgan fingerprint density at radius 3 is 1.69 bits per heavy atom. The van der Waals surface area contributed by atoms with Gasteiger partial charge in [0.15, 0.2) is 0 Å². The molecule has 0 unspecified atom stereocenters. The van der Waals surface area contributed by atoms with Gasteiger partial charge < -0.3 is 5.11 Å². The Labute approximate surface area is 82.9 Å². The molecule has 0 saturated carbocycles. The zero-order valence-electron chi connectivity index (χ0n) is 9.83. The summed E-state index contributed by atoms with van der Waals surface area (Å²) in [5.74, 6) is 1.14. The minimum atomic E-state index is -0.213. The largest absolute Gasteiger partial charge is 0.392 e. The second-order valence-electron chi connectivity index (χ2n) is 4.80. The maximum atomic E-state index is 9.96. The average Bonchev–Trinajstić information content (AvgIpc) is 1.97. The summed E-state index contributed by atoms with van der Waals surface area (Å²) < 4.78 is 0. The van der Waals surface area contributed by atoms with E-state index in [4.69, 9.17) is 0 Å². The minimum Gasteiger partial charge on any atom is -0.392 e. The topological polar surface area (TPSA) is 20.2 Å². The normalized spacial score (nSPS) is 16.1. The lowest BCUT2D eigenvalue weighted by Gasteiger charge is -2.26. The van der Waals surface area contributed by atoms with E-state index in [0.717, 1.165) is 0 Å². The van der Waals surface area contributed by atoms with Crippen LogP contribution in [-0.2, 0) is 0 Å². The Balaban J connectivity index is 4.52. The van der Waals surface area contributed by atoms with Crippen molar-refractivity contribution >= 4 is 0 Å². The van der Waals surface area contributed by atoms with Crippen molar-refractivity contribution in [2.24, 2.45) is 17.8 Å². The SMILES string of the molecule is CC(C)=C[C@@H](C(C)C)[C@@H](O)C(C)C. The highest BCUT2D eigenvalue weighted by atomic mass is 16.3. The Morgan fingerprint density at radius 2 is 1.46 bits per heavy atom. The van der Waals surface area contributed by atoms with Crippen molar-refractivity contribution in [3.05, 3.63) is 11.6 Å². The lowest BCUT2D eigenvalue weighted by atomic mass is 9.84. The first-order valence-corrected chi connectivity index (χ1v) is 5.19. The second kappa shape index (κ2) is 5.43. The first-order chi connectivity index (χ1) is 5.86. The molecule has 1 N–H and O–H groups in total. The lowest BCUT2D eigenvalue weighted by Crippen LogP contribution is -2.28. The van der Waals surface area contributed by atoms with Crippen LogP contribution in [0.2, 0.25) is 0 Å². The van der Waals surface area contributed by atoms with Gasteiger partial charge in [-0.25, -0.2) is 0 Å². The molecule has 0 amide bonds. The minimum absolute atomic E-state index is 0.213. The molecular weight excluding hydrogens is 160 g/mol. The fourth-order valence-electron chi connectivity index (χ4n) is 1.51. The predicted molar refractivity (Wildman–Crippen MR) is 58.6 cm³/mol. The van der Waals surface area contributed by atoms with Crippen molar-refractivity contribution in [2.75, 3.05) is 0 Å². The van der Waals surface area contributed by atoms with E-state index < -0.39 is 0 Å². The highest BCUT2D eigenvalue weighted by Crippen LogP contribution is 2.23. The van der Waals surface area contributed by atoms with E-state index in [1.54, 1.807) is 0 Å². The van der Waals surface area contributed by atoms with E-state index in [0.29, 0.717) is 17.8 Å². The molecule has 0 radical (unpaired) electrons. The Bertz CT molecular complexity index is 164. The number of hydrogen-bond donors (Lipinski definition) is 1. The van der Waals surface area contributed by atoms with Gasteiger partial charge in [-0.3, -0.25) is 0 Å². The molecule has 0 aliphatic carbocycles. The standard InChI is InChI=1S/C12H24O/c1-8(2)7-11(9(3)4)12(13)10(5)6/h7,9-13H,1-6H3/t11-,12-/m0/s1. The van der Waals surface area contributed by atoms with Gasteiger partial charge in [0.1, 0.15) is 0 Å². The highest BCUT2D eigenvalue weighted by Gasteiger charge is 2.22. The molecule has 0 rings (SSSR count).